The van der Waals surface area contributed by atoms with Crippen molar-refractivity contribution in [3.63, 3.8) is 0 Å². The van der Waals surface area contributed by atoms with Crippen molar-refractivity contribution in [3.05, 3.63) is 29.8 Å². The lowest BCUT2D eigenvalue weighted by Gasteiger charge is -2.24. The van der Waals surface area contributed by atoms with E-state index >= 15 is 0 Å². The summed E-state index contributed by atoms with van der Waals surface area (Å²) < 4.78 is 5.19. The molecule has 0 saturated carbocycles. The number of nitrogens with zero attached hydrogens (tertiary/aromatic N) is 1. The minimum absolute atomic E-state index is 0. The Hall–Kier alpha value is -1.79. The second-order valence-electron chi connectivity index (χ2n) is 5.17. The van der Waals surface area contributed by atoms with Crippen LogP contribution in [0.2, 0.25) is 0 Å². The van der Waals surface area contributed by atoms with Crippen LogP contribution in [0.1, 0.15) is 12.5 Å². The van der Waals surface area contributed by atoms with Gasteiger partial charge in [-0.15, -0.1) is 12.4 Å². The van der Waals surface area contributed by atoms with Gasteiger partial charge in [-0.2, -0.15) is 0 Å². The van der Waals surface area contributed by atoms with E-state index in [0.29, 0.717) is 19.5 Å². The average Bonchev–Trinajstić information content (AvgIpc) is 2.51. The Labute approximate surface area is 144 Å². The van der Waals surface area contributed by atoms with Gasteiger partial charge < -0.3 is 20.3 Å². The van der Waals surface area contributed by atoms with Crippen molar-refractivity contribution in [2.45, 2.75) is 19.4 Å². The zero-order valence-corrected chi connectivity index (χ0v) is 14.9. The van der Waals surface area contributed by atoms with E-state index in [0.717, 1.165) is 11.3 Å². The van der Waals surface area contributed by atoms with Crippen molar-refractivity contribution in [1.82, 2.24) is 15.5 Å². The van der Waals surface area contributed by atoms with Gasteiger partial charge in [0.1, 0.15) is 11.8 Å². The molecule has 0 aliphatic carbocycles. The van der Waals surface area contributed by atoms with Gasteiger partial charge in [0, 0.05) is 33.5 Å². The van der Waals surface area contributed by atoms with Gasteiger partial charge >= 0.3 is 0 Å². The minimum atomic E-state index is -0.577. The third kappa shape index (κ3) is 7.34. The lowest BCUT2D eigenvalue weighted by Crippen LogP contribution is -2.49. The van der Waals surface area contributed by atoms with Gasteiger partial charge in [0.05, 0.1) is 7.11 Å². The van der Waals surface area contributed by atoms with Gasteiger partial charge in [-0.3, -0.25) is 9.59 Å². The maximum Gasteiger partial charge on any atom is 0.245 e. The largest absolute Gasteiger partial charge is 0.497 e. The molecule has 0 aliphatic rings. The van der Waals surface area contributed by atoms with Crippen LogP contribution in [-0.4, -0.2) is 57.1 Å². The van der Waals surface area contributed by atoms with E-state index in [4.69, 9.17) is 4.74 Å². The Morgan fingerprint density at radius 3 is 2.61 bits per heavy atom. The molecule has 0 aliphatic heterocycles. The van der Waals surface area contributed by atoms with Gasteiger partial charge in [0.2, 0.25) is 11.8 Å². The predicted molar refractivity (Wildman–Crippen MR) is 93.1 cm³/mol. The highest BCUT2D eigenvalue weighted by atomic mass is 35.5. The van der Waals surface area contributed by atoms with E-state index in [-0.39, 0.29) is 24.2 Å². The second kappa shape index (κ2) is 10.9. The van der Waals surface area contributed by atoms with Crippen LogP contribution >= 0.6 is 12.4 Å². The maximum absolute atomic E-state index is 12.5. The number of benzene rings is 1. The molecule has 2 N–H and O–H groups in total. The molecule has 1 unspecified atom stereocenters. The van der Waals surface area contributed by atoms with E-state index in [1.165, 1.54) is 6.92 Å². The van der Waals surface area contributed by atoms with Crippen LogP contribution in [-0.2, 0) is 16.0 Å². The van der Waals surface area contributed by atoms with E-state index in [1.54, 1.807) is 19.1 Å². The highest BCUT2D eigenvalue weighted by Gasteiger charge is 2.23. The number of methoxy groups -OCH3 is 1. The van der Waals surface area contributed by atoms with Gasteiger partial charge in [0.25, 0.3) is 0 Å². The number of ether oxygens (including phenoxy) is 1. The van der Waals surface area contributed by atoms with Crippen molar-refractivity contribution >= 4 is 24.2 Å². The molecular formula is C16H26ClN3O3. The molecule has 2 amide bonds. The summed E-state index contributed by atoms with van der Waals surface area (Å²) in [7, 11) is 5.17. The lowest BCUT2D eigenvalue weighted by atomic mass is 10.0. The van der Waals surface area contributed by atoms with Gasteiger partial charge in [0.15, 0.2) is 0 Å². The summed E-state index contributed by atoms with van der Waals surface area (Å²) in [6.45, 7) is 2.71. The fourth-order valence-electron chi connectivity index (χ4n) is 2.14. The van der Waals surface area contributed by atoms with E-state index in [1.807, 2.05) is 31.3 Å². The fourth-order valence-corrected chi connectivity index (χ4v) is 2.14. The molecule has 130 valence electrons. The summed E-state index contributed by atoms with van der Waals surface area (Å²) in [6.07, 6.45) is 0.430. The van der Waals surface area contributed by atoms with Crippen molar-refractivity contribution in [3.8, 4) is 5.75 Å². The lowest BCUT2D eigenvalue weighted by molar-refractivity contribution is -0.134. The van der Waals surface area contributed by atoms with Gasteiger partial charge in [-0.25, -0.2) is 0 Å². The SMILES string of the molecule is CNCCN(C)C(=O)C(Cc1cccc(OC)c1)NC(C)=O.Cl. The van der Waals surface area contributed by atoms with E-state index < -0.39 is 6.04 Å². The predicted octanol–water partition coefficient (Wildman–Crippen LogP) is 0.842. The number of likely N-dealkylation sites (N-methyl/N-ethyl adjacent to an activating group) is 2. The third-order valence-corrected chi connectivity index (χ3v) is 3.32. The van der Waals surface area contributed by atoms with Crippen LogP contribution in [0, 0.1) is 0 Å². The summed E-state index contributed by atoms with van der Waals surface area (Å²) in [5.74, 6) is 0.409. The van der Waals surface area contributed by atoms with Crippen LogP contribution in [0.3, 0.4) is 0 Å². The highest BCUT2D eigenvalue weighted by molar-refractivity contribution is 5.87. The molecule has 1 rings (SSSR count). The molecule has 0 bridgehead atoms. The van der Waals surface area contributed by atoms with Crippen molar-refractivity contribution in [1.29, 1.82) is 0 Å². The molecule has 0 saturated heterocycles. The van der Waals surface area contributed by atoms with Crippen LogP contribution in [0.5, 0.6) is 5.75 Å². The third-order valence-electron chi connectivity index (χ3n) is 3.32. The summed E-state index contributed by atoms with van der Waals surface area (Å²) in [4.78, 5) is 25.5. The number of halogens is 1. The zero-order chi connectivity index (χ0) is 16.5. The van der Waals surface area contributed by atoms with Crippen molar-refractivity contribution in [2.75, 3.05) is 34.3 Å². The summed E-state index contributed by atoms with van der Waals surface area (Å²) >= 11 is 0. The number of carbonyl (C=O) groups excluding carboxylic acids is 2. The zero-order valence-electron chi connectivity index (χ0n) is 14.1. The molecule has 0 fully saturated rings. The fraction of sp³-hybridized carbons (Fsp3) is 0.500. The van der Waals surface area contributed by atoms with Crippen LogP contribution < -0.4 is 15.4 Å². The second-order valence-corrected chi connectivity index (χ2v) is 5.17. The first-order valence-electron chi connectivity index (χ1n) is 7.27. The molecule has 0 spiro atoms. The Balaban J connectivity index is 0.00000484. The Kier molecular flexibility index (Phi) is 10.0. The average molecular weight is 344 g/mol. The molecule has 0 radical (unpaired) electrons. The normalized spacial score (nSPS) is 11.1. The molecule has 1 atom stereocenters. The van der Waals surface area contributed by atoms with Crippen molar-refractivity contribution in [2.24, 2.45) is 0 Å². The van der Waals surface area contributed by atoms with Crippen LogP contribution in [0.25, 0.3) is 0 Å². The molecule has 0 heterocycles. The minimum Gasteiger partial charge on any atom is -0.497 e. The molecule has 23 heavy (non-hydrogen) atoms. The molecule has 7 heteroatoms. The first-order chi connectivity index (χ1) is 10.5. The first-order valence-corrected chi connectivity index (χ1v) is 7.27. The van der Waals surface area contributed by atoms with E-state index in [2.05, 4.69) is 10.6 Å². The van der Waals surface area contributed by atoms with Gasteiger partial charge in [-0.05, 0) is 24.7 Å². The van der Waals surface area contributed by atoms with Gasteiger partial charge in [-0.1, -0.05) is 12.1 Å². The molecule has 1 aromatic carbocycles. The summed E-state index contributed by atoms with van der Waals surface area (Å²) in [5, 5.41) is 5.73. The van der Waals surface area contributed by atoms with Crippen LogP contribution in [0.15, 0.2) is 24.3 Å². The van der Waals surface area contributed by atoms with Crippen molar-refractivity contribution < 1.29 is 14.3 Å². The van der Waals surface area contributed by atoms with E-state index in [9.17, 15) is 9.59 Å². The standard InChI is InChI=1S/C16H25N3O3.ClH/c1-12(20)18-15(16(21)19(3)9-8-17-2)11-13-6-5-7-14(10-13)22-4;/h5-7,10,15,17H,8-9,11H2,1-4H3,(H,18,20);1H. The number of hydrogen-bond donors (Lipinski definition) is 2. The monoisotopic (exact) mass is 343 g/mol. The Morgan fingerprint density at radius 2 is 2.04 bits per heavy atom. The number of nitrogens with one attached hydrogen (secondary N) is 2. The summed E-state index contributed by atoms with van der Waals surface area (Å²) in [5.41, 5.74) is 0.938. The molecule has 0 aromatic heterocycles. The molecule has 1 aromatic rings. The highest BCUT2D eigenvalue weighted by Crippen LogP contribution is 2.14. The Bertz CT molecular complexity index is 511. The number of rotatable bonds is 8. The summed E-state index contributed by atoms with van der Waals surface area (Å²) in [6, 6.07) is 6.92. The maximum atomic E-state index is 12.5. The topological polar surface area (TPSA) is 70.7 Å². The Morgan fingerprint density at radius 1 is 1.35 bits per heavy atom. The first kappa shape index (κ1) is 21.2. The quantitative estimate of drug-likeness (QED) is 0.734. The number of hydrogen-bond acceptors (Lipinski definition) is 4. The number of carbonyl (C=O) groups is 2. The van der Waals surface area contributed by atoms with Crippen LogP contribution in [0.4, 0.5) is 0 Å². The number of amides is 2. The molecular weight excluding hydrogens is 318 g/mol. The smallest absolute Gasteiger partial charge is 0.245 e. The molecule has 6 nitrogen and oxygen atoms in total.